The second-order valence-electron chi connectivity index (χ2n) is 8.81. The minimum atomic E-state index is -1.11. The van der Waals surface area contributed by atoms with Gasteiger partial charge in [0.15, 0.2) is 17.0 Å². The van der Waals surface area contributed by atoms with Crippen LogP contribution in [0.5, 0.6) is 0 Å². The van der Waals surface area contributed by atoms with Crippen molar-refractivity contribution in [3.05, 3.63) is 77.6 Å². The van der Waals surface area contributed by atoms with E-state index in [1.54, 1.807) is 42.6 Å². The highest BCUT2D eigenvalue weighted by Crippen LogP contribution is 2.15. The third-order valence-corrected chi connectivity index (χ3v) is 5.82. The maximum atomic E-state index is 12.8. The van der Waals surface area contributed by atoms with Gasteiger partial charge in [-0.15, -0.1) is 0 Å². The van der Waals surface area contributed by atoms with Gasteiger partial charge in [-0.25, -0.2) is 14.8 Å². The number of aromatic nitrogens is 4. The van der Waals surface area contributed by atoms with E-state index in [-0.39, 0.29) is 31.2 Å². The van der Waals surface area contributed by atoms with Crippen molar-refractivity contribution in [2.75, 3.05) is 23.3 Å². The van der Waals surface area contributed by atoms with Crippen LogP contribution in [0.1, 0.15) is 34.5 Å². The molecule has 0 saturated carbocycles. The van der Waals surface area contributed by atoms with Crippen molar-refractivity contribution < 1.29 is 24.2 Å². The van der Waals surface area contributed by atoms with E-state index in [1.807, 2.05) is 18.2 Å². The molecule has 2 heterocycles. The van der Waals surface area contributed by atoms with Crippen LogP contribution in [-0.4, -0.2) is 55.5 Å². The first kappa shape index (κ1) is 27.7. The standard InChI is InChI=1S/C27H28N8O5/c28-23-22-24(35-27(29)34-23)31-14-19(32-22)12-13-30-18-8-6-17(7-9-18)25(38)33-20(10-11-21(36)37)26(39)40-15-16-4-2-1-3-5-16/h1-9,14,20,30H,10-13,15H2,(H,33,38)(H,36,37)(H4,28,29,31,34,35). The zero-order valence-electron chi connectivity index (χ0n) is 21.4. The Morgan fingerprint density at radius 2 is 1.73 bits per heavy atom. The number of amides is 1. The van der Waals surface area contributed by atoms with Crippen molar-refractivity contribution in [3.63, 3.8) is 0 Å². The fourth-order valence-electron chi connectivity index (χ4n) is 3.77. The summed E-state index contributed by atoms with van der Waals surface area (Å²) in [5.74, 6) is -2.12. The number of carboxylic acid groups (broad SMARTS) is 1. The minimum Gasteiger partial charge on any atom is -0.481 e. The Labute approximate surface area is 229 Å². The Morgan fingerprint density at radius 3 is 2.45 bits per heavy atom. The summed E-state index contributed by atoms with van der Waals surface area (Å²) >= 11 is 0. The topological polar surface area (TPSA) is 208 Å². The third-order valence-electron chi connectivity index (χ3n) is 5.82. The summed E-state index contributed by atoms with van der Waals surface area (Å²) in [5.41, 5.74) is 14.7. The summed E-state index contributed by atoms with van der Waals surface area (Å²) in [4.78, 5) is 53.1. The van der Waals surface area contributed by atoms with Gasteiger partial charge in [0.25, 0.3) is 5.91 Å². The predicted octanol–water partition coefficient (Wildman–Crippen LogP) is 1.95. The molecule has 13 nitrogen and oxygen atoms in total. The van der Waals surface area contributed by atoms with Crippen molar-refractivity contribution >= 4 is 46.5 Å². The molecule has 0 bridgehead atoms. The highest BCUT2D eigenvalue weighted by molar-refractivity contribution is 5.97. The highest BCUT2D eigenvalue weighted by atomic mass is 16.5. The van der Waals surface area contributed by atoms with Crippen LogP contribution in [-0.2, 0) is 27.4 Å². The van der Waals surface area contributed by atoms with Crippen LogP contribution in [0.25, 0.3) is 11.2 Å². The lowest BCUT2D eigenvalue weighted by atomic mass is 10.1. The summed E-state index contributed by atoms with van der Waals surface area (Å²) in [6.07, 6.45) is 1.72. The molecule has 206 valence electrons. The van der Waals surface area contributed by atoms with Gasteiger partial charge < -0.3 is 31.9 Å². The zero-order chi connectivity index (χ0) is 28.5. The number of ether oxygens (including phenoxy) is 1. The molecule has 0 aliphatic heterocycles. The quantitative estimate of drug-likeness (QED) is 0.162. The number of rotatable bonds is 12. The molecule has 0 aliphatic carbocycles. The number of hydrogen-bond acceptors (Lipinski definition) is 11. The molecule has 1 atom stereocenters. The number of aliphatic carboxylic acids is 1. The predicted molar refractivity (Wildman–Crippen MR) is 147 cm³/mol. The molecule has 4 rings (SSSR count). The summed E-state index contributed by atoms with van der Waals surface area (Å²) in [7, 11) is 0. The molecule has 4 aromatic rings. The average Bonchev–Trinajstić information content (AvgIpc) is 2.95. The SMILES string of the molecule is Nc1nc(N)c2nc(CCNc3ccc(C(=O)NC(CCC(=O)O)C(=O)OCc4ccccc4)cc3)cnc2n1. The first-order valence-electron chi connectivity index (χ1n) is 12.4. The summed E-state index contributed by atoms with van der Waals surface area (Å²) in [5, 5.41) is 14.9. The summed E-state index contributed by atoms with van der Waals surface area (Å²) in [6.45, 7) is 0.534. The second-order valence-corrected chi connectivity index (χ2v) is 8.81. The van der Waals surface area contributed by atoms with Gasteiger partial charge >= 0.3 is 11.9 Å². The van der Waals surface area contributed by atoms with Crippen LogP contribution in [0.4, 0.5) is 17.5 Å². The number of fused-ring (bicyclic) bond motifs is 1. The number of nitrogens with one attached hydrogen (secondary N) is 2. The number of anilines is 3. The Morgan fingerprint density at radius 1 is 0.975 bits per heavy atom. The zero-order valence-corrected chi connectivity index (χ0v) is 21.4. The van der Waals surface area contributed by atoms with Gasteiger partial charge in [-0.1, -0.05) is 30.3 Å². The van der Waals surface area contributed by atoms with E-state index in [0.717, 1.165) is 11.3 Å². The van der Waals surface area contributed by atoms with E-state index in [2.05, 4.69) is 30.6 Å². The largest absolute Gasteiger partial charge is 0.481 e. The van der Waals surface area contributed by atoms with E-state index < -0.39 is 23.9 Å². The molecule has 1 amide bonds. The Kier molecular flexibility index (Phi) is 8.97. The van der Waals surface area contributed by atoms with Gasteiger partial charge in [0.2, 0.25) is 5.95 Å². The molecule has 13 heteroatoms. The molecule has 2 aromatic carbocycles. The van der Waals surface area contributed by atoms with Crippen molar-refractivity contribution in [1.82, 2.24) is 25.3 Å². The monoisotopic (exact) mass is 544 g/mol. The number of hydrogen-bond donors (Lipinski definition) is 5. The molecule has 2 aromatic heterocycles. The van der Waals surface area contributed by atoms with Gasteiger partial charge in [-0.05, 0) is 36.2 Å². The average molecular weight is 545 g/mol. The fraction of sp³-hybridized carbons (Fsp3) is 0.222. The smallest absolute Gasteiger partial charge is 0.328 e. The van der Waals surface area contributed by atoms with Gasteiger partial charge in [-0.2, -0.15) is 9.97 Å². The number of nitrogen functional groups attached to an aromatic ring is 2. The molecule has 1 unspecified atom stereocenters. The maximum absolute atomic E-state index is 12.8. The number of nitrogens with two attached hydrogens (primary N) is 2. The number of esters is 1. The van der Waals surface area contributed by atoms with Gasteiger partial charge in [-0.3, -0.25) is 9.59 Å². The van der Waals surface area contributed by atoms with Crippen molar-refractivity contribution in [2.45, 2.75) is 31.9 Å². The van der Waals surface area contributed by atoms with Crippen LogP contribution < -0.4 is 22.1 Å². The van der Waals surface area contributed by atoms with E-state index >= 15 is 0 Å². The van der Waals surface area contributed by atoms with Crippen molar-refractivity contribution in [2.24, 2.45) is 0 Å². The maximum Gasteiger partial charge on any atom is 0.328 e. The van der Waals surface area contributed by atoms with Crippen molar-refractivity contribution in [3.8, 4) is 0 Å². The Hall–Kier alpha value is -5.33. The summed E-state index contributed by atoms with van der Waals surface area (Å²) in [6, 6.07) is 14.6. The lowest BCUT2D eigenvalue weighted by Crippen LogP contribution is -2.42. The van der Waals surface area contributed by atoms with Crippen LogP contribution in [0.15, 0.2) is 60.8 Å². The minimum absolute atomic E-state index is 0.0140. The van der Waals surface area contributed by atoms with E-state index in [1.165, 1.54) is 0 Å². The summed E-state index contributed by atoms with van der Waals surface area (Å²) < 4.78 is 5.31. The molecule has 0 fully saturated rings. The number of carbonyl (C=O) groups is 3. The number of benzene rings is 2. The first-order valence-corrected chi connectivity index (χ1v) is 12.4. The molecule has 40 heavy (non-hydrogen) atoms. The molecular formula is C27H28N8O5. The molecule has 7 N–H and O–H groups in total. The van der Waals surface area contributed by atoms with Crippen LogP contribution in [0.2, 0.25) is 0 Å². The van der Waals surface area contributed by atoms with Crippen molar-refractivity contribution in [1.29, 1.82) is 0 Å². The lowest BCUT2D eigenvalue weighted by Gasteiger charge is -2.17. The van der Waals surface area contributed by atoms with Gasteiger partial charge in [0.1, 0.15) is 12.6 Å². The van der Waals surface area contributed by atoms with E-state index in [4.69, 9.17) is 21.3 Å². The second kappa shape index (κ2) is 13.0. The molecule has 0 saturated heterocycles. The molecule has 0 spiro atoms. The number of nitrogens with zero attached hydrogens (tertiary/aromatic N) is 4. The van der Waals surface area contributed by atoms with Crippen LogP contribution >= 0.6 is 0 Å². The fourth-order valence-corrected chi connectivity index (χ4v) is 3.77. The van der Waals surface area contributed by atoms with Crippen LogP contribution in [0, 0.1) is 0 Å². The number of carbonyl (C=O) groups excluding carboxylic acids is 2. The lowest BCUT2D eigenvalue weighted by molar-refractivity contribution is -0.147. The molecule has 0 radical (unpaired) electrons. The molecular weight excluding hydrogens is 516 g/mol. The number of carboxylic acids is 1. The molecule has 0 aliphatic rings. The highest BCUT2D eigenvalue weighted by Gasteiger charge is 2.24. The first-order chi connectivity index (χ1) is 19.3. The van der Waals surface area contributed by atoms with Gasteiger partial charge in [0, 0.05) is 30.6 Å². The Bertz CT molecular complexity index is 1500. The Balaban J connectivity index is 1.31. The van der Waals surface area contributed by atoms with E-state index in [9.17, 15) is 14.4 Å². The third kappa shape index (κ3) is 7.60. The van der Waals surface area contributed by atoms with E-state index in [0.29, 0.717) is 35.4 Å². The normalized spacial score (nSPS) is 11.5. The van der Waals surface area contributed by atoms with Crippen LogP contribution in [0.3, 0.4) is 0 Å². The van der Waals surface area contributed by atoms with Gasteiger partial charge in [0.05, 0.1) is 11.9 Å².